The first-order valence-corrected chi connectivity index (χ1v) is 4.62. The van der Waals surface area contributed by atoms with Gasteiger partial charge in [0, 0.05) is 9.92 Å². The lowest BCUT2D eigenvalue weighted by Crippen LogP contribution is -2.04. The summed E-state index contributed by atoms with van der Waals surface area (Å²) in [4.78, 5) is 11.9. The van der Waals surface area contributed by atoms with Crippen molar-refractivity contribution in [1.29, 1.82) is 0 Å². The number of hydrogen-bond acceptors (Lipinski definition) is 3. The summed E-state index contributed by atoms with van der Waals surface area (Å²) < 4.78 is 4.81. The van der Waals surface area contributed by atoms with Gasteiger partial charge in [-0.25, -0.2) is 4.79 Å². The predicted octanol–water partition coefficient (Wildman–Crippen LogP) is 2.81. The van der Waals surface area contributed by atoms with Crippen LogP contribution in [0.4, 0.5) is 0 Å². The molecule has 0 aromatic heterocycles. The summed E-state index contributed by atoms with van der Waals surface area (Å²) in [6, 6.07) is 4.83. The van der Waals surface area contributed by atoms with Crippen molar-refractivity contribution < 1.29 is 9.53 Å². The van der Waals surface area contributed by atoms with Crippen LogP contribution in [0.2, 0.25) is 5.02 Å². The maximum absolute atomic E-state index is 11.2. The van der Waals surface area contributed by atoms with E-state index < -0.39 is 0 Å². The van der Waals surface area contributed by atoms with Crippen LogP contribution in [-0.2, 0) is 4.74 Å². The van der Waals surface area contributed by atoms with Gasteiger partial charge in [0.15, 0.2) is 0 Å². The summed E-state index contributed by atoms with van der Waals surface area (Å²) in [6.45, 7) is 2.11. The second-order valence-corrected chi connectivity index (χ2v) is 3.37. The highest BCUT2D eigenvalue weighted by molar-refractivity contribution is 7.80. The minimum absolute atomic E-state index is 0.354. The van der Waals surface area contributed by atoms with Crippen molar-refractivity contribution in [3.8, 4) is 0 Å². The summed E-state index contributed by atoms with van der Waals surface area (Å²) >= 11 is 9.83. The third-order valence-corrected chi connectivity index (χ3v) is 1.87. The van der Waals surface area contributed by atoms with Crippen LogP contribution in [0.3, 0.4) is 0 Å². The fourth-order valence-corrected chi connectivity index (χ4v) is 1.50. The summed E-state index contributed by atoms with van der Waals surface area (Å²) in [5.74, 6) is -0.375. The third kappa shape index (κ3) is 2.94. The van der Waals surface area contributed by atoms with Crippen LogP contribution in [0.25, 0.3) is 0 Å². The number of rotatable bonds is 2. The fourth-order valence-electron chi connectivity index (χ4n) is 0.906. The largest absolute Gasteiger partial charge is 0.462 e. The highest BCUT2D eigenvalue weighted by atomic mass is 35.5. The van der Waals surface area contributed by atoms with Crippen LogP contribution in [0.1, 0.15) is 17.3 Å². The van der Waals surface area contributed by atoms with E-state index in [0.717, 1.165) is 0 Å². The molecule has 0 aliphatic heterocycles. The van der Waals surface area contributed by atoms with Crippen LogP contribution in [0.15, 0.2) is 23.1 Å². The Morgan fingerprint density at radius 3 is 2.77 bits per heavy atom. The third-order valence-electron chi connectivity index (χ3n) is 1.39. The second kappa shape index (κ2) is 4.53. The van der Waals surface area contributed by atoms with Crippen LogP contribution in [-0.4, -0.2) is 12.6 Å². The average molecular weight is 217 g/mol. The molecule has 1 aromatic rings. The highest BCUT2D eigenvalue weighted by Crippen LogP contribution is 2.18. The van der Waals surface area contributed by atoms with E-state index in [1.54, 1.807) is 25.1 Å². The van der Waals surface area contributed by atoms with Gasteiger partial charge in [0.25, 0.3) is 0 Å². The lowest BCUT2D eigenvalue weighted by atomic mass is 10.2. The van der Waals surface area contributed by atoms with Gasteiger partial charge in [0.05, 0.1) is 12.2 Å². The maximum Gasteiger partial charge on any atom is 0.338 e. The van der Waals surface area contributed by atoms with Crippen molar-refractivity contribution in [2.75, 3.05) is 6.61 Å². The van der Waals surface area contributed by atoms with Crippen LogP contribution in [0, 0.1) is 0 Å². The molecule has 1 aromatic carbocycles. The SMILES string of the molecule is CCOC(=O)c1cc(S)cc(Cl)c1. The molecule has 0 unspecified atom stereocenters. The first-order chi connectivity index (χ1) is 6.13. The normalized spacial score (nSPS) is 9.77. The number of ether oxygens (including phenoxy) is 1. The zero-order valence-electron chi connectivity index (χ0n) is 7.08. The van der Waals surface area contributed by atoms with Crippen molar-refractivity contribution in [3.05, 3.63) is 28.8 Å². The number of thiol groups is 1. The molecule has 0 fully saturated rings. The molecule has 13 heavy (non-hydrogen) atoms. The van der Waals surface area contributed by atoms with Crippen LogP contribution < -0.4 is 0 Å². The first kappa shape index (κ1) is 10.4. The molecule has 0 heterocycles. The van der Waals surface area contributed by atoms with E-state index in [2.05, 4.69) is 12.6 Å². The highest BCUT2D eigenvalue weighted by Gasteiger charge is 2.07. The summed E-state index contributed by atoms with van der Waals surface area (Å²) in [5.41, 5.74) is 0.430. The predicted molar refractivity (Wildman–Crippen MR) is 54.7 cm³/mol. The molecule has 0 saturated heterocycles. The van der Waals surface area contributed by atoms with Gasteiger partial charge in [-0.1, -0.05) is 11.6 Å². The van der Waals surface area contributed by atoms with Crippen molar-refractivity contribution >= 4 is 30.2 Å². The Morgan fingerprint density at radius 1 is 1.54 bits per heavy atom. The Kier molecular flexibility index (Phi) is 3.63. The fraction of sp³-hybridized carbons (Fsp3) is 0.222. The number of hydrogen-bond donors (Lipinski definition) is 1. The van der Waals surface area contributed by atoms with Gasteiger partial charge in [-0.05, 0) is 25.1 Å². The monoisotopic (exact) mass is 216 g/mol. The zero-order chi connectivity index (χ0) is 9.84. The molecule has 0 N–H and O–H groups in total. The number of carbonyl (C=O) groups excluding carboxylic acids is 1. The standard InChI is InChI=1S/C9H9ClO2S/c1-2-12-9(11)6-3-7(10)5-8(13)4-6/h3-5,13H,2H2,1H3. The molecule has 0 atom stereocenters. The Bertz CT molecular complexity index is 305. The number of benzene rings is 1. The number of esters is 1. The van der Waals surface area contributed by atoms with E-state index in [1.165, 1.54) is 0 Å². The van der Waals surface area contributed by atoms with E-state index in [9.17, 15) is 4.79 Å². The van der Waals surface area contributed by atoms with E-state index in [4.69, 9.17) is 16.3 Å². The van der Waals surface area contributed by atoms with Gasteiger partial charge in [-0.15, -0.1) is 12.6 Å². The molecular weight excluding hydrogens is 208 g/mol. The van der Waals surface area contributed by atoms with E-state index >= 15 is 0 Å². The van der Waals surface area contributed by atoms with Gasteiger partial charge in [-0.3, -0.25) is 0 Å². The van der Waals surface area contributed by atoms with Gasteiger partial charge < -0.3 is 4.74 Å². The zero-order valence-corrected chi connectivity index (χ0v) is 8.73. The summed E-state index contributed by atoms with van der Waals surface area (Å²) in [5, 5.41) is 0.482. The number of carbonyl (C=O) groups is 1. The van der Waals surface area contributed by atoms with Gasteiger partial charge in [0.2, 0.25) is 0 Å². The van der Waals surface area contributed by atoms with E-state index in [-0.39, 0.29) is 5.97 Å². The Hall–Kier alpha value is -0.670. The molecule has 0 spiro atoms. The molecule has 0 aliphatic carbocycles. The van der Waals surface area contributed by atoms with Crippen molar-refractivity contribution in [2.24, 2.45) is 0 Å². The summed E-state index contributed by atoms with van der Waals surface area (Å²) in [7, 11) is 0. The lowest BCUT2D eigenvalue weighted by Gasteiger charge is -2.02. The molecule has 0 amide bonds. The molecule has 0 radical (unpaired) electrons. The molecule has 1 rings (SSSR count). The Balaban J connectivity index is 2.94. The van der Waals surface area contributed by atoms with E-state index in [0.29, 0.717) is 22.1 Å². The second-order valence-electron chi connectivity index (χ2n) is 2.42. The summed E-state index contributed by atoms with van der Waals surface area (Å²) in [6.07, 6.45) is 0. The minimum atomic E-state index is -0.375. The van der Waals surface area contributed by atoms with Crippen LogP contribution in [0.5, 0.6) is 0 Å². The van der Waals surface area contributed by atoms with Gasteiger partial charge in [0.1, 0.15) is 0 Å². The topological polar surface area (TPSA) is 26.3 Å². The number of halogens is 1. The molecular formula is C9H9ClO2S. The van der Waals surface area contributed by atoms with E-state index in [1.807, 2.05) is 0 Å². The first-order valence-electron chi connectivity index (χ1n) is 3.80. The van der Waals surface area contributed by atoms with Crippen molar-refractivity contribution in [3.63, 3.8) is 0 Å². The van der Waals surface area contributed by atoms with Gasteiger partial charge >= 0.3 is 5.97 Å². The molecule has 0 aliphatic rings. The molecule has 70 valence electrons. The maximum atomic E-state index is 11.2. The van der Waals surface area contributed by atoms with Crippen LogP contribution >= 0.6 is 24.2 Å². The van der Waals surface area contributed by atoms with Gasteiger partial charge in [-0.2, -0.15) is 0 Å². The molecule has 2 nitrogen and oxygen atoms in total. The average Bonchev–Trinajstić information content (AvgIpc) is 2.03. The Morgan fingerprint density at radius 2 is 2.23 bits per heavy atom. The molecule has 4 heteroatoms. The minimum Gasteiger partial charge on any atom is -0.462 e. The van der Waals surface area contributed by atoms with Crippen molar-refractivity contribution in [2.45, 2.75) is 11.8 Å². The molecule has 0 bridgehead atoms. The quantitative estimate of drug-likeness (QED) is 0.608. The Labute approximate surface area is 87.3 Å². The lowest BCUT2D eigenvalue weighted by molar-refractivity contribution is 0.0526. The molecule has 0 saturated carbocycles. The van der Waals surface area contributed by atoms with Crippen molar-refractivity contribution in [1.82, 2.24) is 0 Å². The smallest absolute Gasteiger partial charge is 0.338 e.